The van der Waals surface area contributed by atoms with E-state index in [-0.39, 0.29) is 11.1 Å². The molecule has 0 radical (unpaired) electrons. The Hall–Kier alpha value is -2.64. The largest absolute Gasteiger partial charge is 0.477 e. The van der Waals surface area contributed by atoms with E-state index in [2.05, 4.69) is 9.40 Å². The van der Waals surface area contributed by atoms with Gasteiger partial charge in [0.2, 0.25) is 5.71 Å². The van der Waals surface area contributed by atoms with Gasteiger partial charge in [-0.2, -0.15) is 0 Å². The lowest BCUT2D eigenvalue weighted by Crippen LogP contribution is -2.24. The van der Waals surface area contributed by atoms with E-state index < -0.39 is 28.4 Å². The fraction of sp³-hybridized carbons (Fsp3) is 0. The van der Waals surface area contributed by atoms with Gasteiger partial charge in [-0.15, -0.1) is 0 Å². The average Bonchev–Trinajstić information content (AvgIpc) is 2.15. The van der Waals surface area contributed by atoms with Crippen molar-refractivity contribution in [2.45, 2.75) is 0 Å². The maximum absolute atomic E-state index is 11.3. The van der Waals surface area contributed by atoms with E-state index in [0.717, 1.165) is 6.07 Å². The van der Waals surface area contributed by atoms with Gasteiger partial charge in [0.05, 0.1) is 0 Å². The molecule has 0 fully saturated rings. The maximum Gasteiger partial charge on any atom is 0.352 e. The first-order valence-corrected chi connectivity index (χ1v) is 4.03. The lowest BCUT2D eigenvalue weighted by molar-refractivity contribution is 0.0692. The fourth-order valence-corrected chi connectivity index (χ4v) is 1.19. The van der Waals surface area contributed by atoms with Crippen molar-refractivity contribution in [2.24, 2.45) is 0 Å². The Balaban J connectivity index is 3.02. The molecule has 0 aliphatic carbocycles. The standard InChI is InChI=1S/C8H4N2O6/c11-4-2-1-3(6(12)13)7(14)16-5(2)10-8(15)9-4/h1H,(H,12,13)(H2,9,10,11,15). The van der Waals surface area contributed by atoms with E-state index in [1.54, 1.807) is 0 Å². The summed E-state index contributed by atoms with van der Waals surface area (Å²) in [6, 6.07) is 0.846. The molecule has 0 aromatic carbocycles. The van der Waals surface area contributed by atoms with Gasteiger partial charge in [0.1, 0.15) is 10.9 Å². The Morgan fingerprint density at radius 3 is 2.56 bits per heavy atom. The second-order valence-corrected chi connectivity index (χ2v) is 2.90. The van der Waals surface area contributed by atoms with Crippen molar-refractivity contribution in [1.29, 1.82) is 0 Å². The molecule has 2 aromatic rings. The number of aromatic carboxylic acids is 1. The summed E-state index contributed by atoms with van der Waals surface area (Å²) >= 11 is 0. The Morgan fingerprint density at radius 2 is 1.94 bits per heavy atom. The van der Waals surface area contributed by atoms with E-state index in [0.29, 0.717) is 0 Å². The lowest BCUT2D eigenvalue weighted by Gasteiger charge is -1.96. The molecular formula is C8H4N2O6. The number of H-pyrrole nitrogens is 2. The molecule has 0 unspecified atom stereocenters. The first-order valence-electron chi connectivity index (χ1n) is 4.03. The van der Waals surface area contributed by atoms with Crippen LogP contribution in [-0.2, 0) is 0 Å². The molecule has 82 valence electrons. The number of rotatable bonds is 1. The predicted molar refractivity (Wildman–Crippen MR) is 50.7 cm³/mol. The van der Waals surface area contributed by atoms with Gasteiger partial charge in [-0.25, -0.2) is 14.4 Å². The molecule has 0 saturated heterocycles. The topological polar surface area (TPSA) is 133 Å². The van der Waals surface area contributed by atoms with Crippen molar-refractivity contribution in [3.63, 3.8) is 0 Å². The van der Waals surface area contributed by atoms with Crippen molar-refractivity contribution < 1.29 is 14.3 Å². The summed E-state index contributed by atoms with van der Waals surface area (Å²) in [5, 5.41) is 8.41. The first kappa shape index (κ1) is 9.90. The van der Waals surface area contributed by atoms with Crippen molar-refractivity contribution in [2.75, 3.05) is 0 Å². The van der Waals surface area contributed by atoms with Crippen molar-refractivity contribution in [3.8, 4) is 0 Å². The Kier molecular flexibility index (Phi) is 1.97. The van der Waals surface area contributed by atoms with Crippen molar-refractivity contribution in [1.82, 2.24) is 9.97 Å². The summed E-state index contributed by atoms with van der Waals surface area (Å²) in [6.07, 6.45) is 0. The normalized spacial score (nSPS) is 10.5. The summed E-state index contributed by atoms with van der Waals surface area (Å²) in [5.41, 5.74) is -3.84. The number of aromatic amines is 2. The van der Waals surface area contributed by atoms with Crippen LogP contribution in [0.1, 0.15) is 10.4 Å². The van der Waals surface area contributed by atoms with Gasteiger partial charge in [-0.3, -0.25) is 14.8 Å². The minimum Gasteiger partial charge on any atom is -0.477 e. The summed E-state index contributed by atoms with van der Waals surface area (Å²) in [6.45, 7) is 0. The smallest absolute Gasteiger partial charge is 0.352 e. The third-order valence-electron chi connectivity index (χ3n) is 1.88. The third-order valence-corrected chi connectivity index (χ3v) is 1.88. The minimum absolute atomic E-state index is 0.211. The summed E-state index contributed by atoms with van der Waals surface area (Å²) < 4.78 is 4.50. The summed E-state index contributed by atoms with van der Waals surface area (Å²) in [5.74, 6) is -1.51. The Morgan fingerprint density at radius 1 is 1.25 bits per heavy atom. The first-order chi connectivity index (χ1) is 7.49. The molecule has 2 rings (SSSR count). The molecule has 0 atom stereocenters. The molecule has 0 aliphatic heterocycles. The van der Waals surface area contributed by atoms with E-state index in [4.69, 9.17) is 5.11 Å². The fourth-order valence-electron chi connectivity index (χ4n) is 1.19. The molecule has 2 heterocycles. The molecule has 3 N–H and O–H groups in total. The summed E-state index contributed by atoms with van der Waals surface area (Å²) in [4.78, 5) is 47.8. The number of hydrogen-bond acceptors (Lipinski definition) is 5. The van der Waals surface area contributed by atoms with Gasteiger partial charge in [-0.05, 0) is 6.07 Å². The van der Waals surface area contributed by atoms with Crippen LogP contribution in [0.25, 0.3) is 11.1 Å². The number of carbonyl (C=O) groups is 1. The highest BCUT2D eigenvalue weighted by Crippen LogP contribution is 2.03. The number of nitrogens with one attached hydrogen (secondary N) is 2. The highest BCUT2D eigenvalue weighted by Gasteiger charge is 2.14. The van der Waals surface area contributed by atoms with Gasteiger partial charge in [0.15, 0.2) is 0 Å². The zero-order valence-electron chi connectivity index (χ0n) is 7.57. The molecule has 0 aliphatic rings. The molecule has 8 nitrogen and oxygen atoms in total. The number of fused-ring (bicyclic) bond motifs is 1. The number of carboxylic acids is 1. The lowest BCUT2D eigenvalue weighted by atomic mass is 10.2. The van der Waals surface area contributed by atoms with Gasteiger partial charge in [0.25, 0.3) is 5.56 Å². The van der Waals surface area contributed by atoms with Crippen LogP contribution in [0.3, 0.4) is 0 Å². The number of hydrogen-bond donors (Lipinski definition) is 3. The molecule has 2 aromatic heterocycles. The second-order valence-electron chi connectivity index (χ2n) is 2.90. The molecule has 0 saturated carbocycles. The molecule has 0 spiro atoms. The van der Waals surface area contributed by atoms with E-state index >= 15 is 0 Å². The predicted octanol–water partition coefficient (Wildman–Crippen LogP) is -1.13. The molecular weight excluding hydrogens is 220 g/mol. The minimum atomic E-state index is -1.51. The van der Waals surface area contributed by atoms with Gasteiger partial charge in [0, 0.05) is 0 Å². The van der Waals surface area contributed by atoms with E-state index in [1.807, 2.05) is 4.98 Å². The van der Waals surface area contributed by atoms with Crippen LogP contribution in [0.15, 0.2) is 24.9 Å². The monoisotopic (exact) mass is 224 g/mol. The van der Waals surface area contributed by atoms with Crippen LogP contribution >= 0.6 is 0 Å². The van der Waals surface area contributed by atoms with Crippen molar-refractivity contribution >= 4 is 17.1 Å². The quantitative estimate of drug-likeness (QED) is 0.561. The zero-order chi connectivity index (χ0) is 11.9. The van der Waals surface area contributed by atoms with Gasteiger partial charge >= 0.3 is 17.3 Å². The SMILES string of the molecule is O=C(O)c1cc2c(=O)[nH]c(=O)[nH]c2oc1=O. The number of aromatic nitrogens is 2. The Labute approximate surface area is 85.2 Å². The van der Waals surface area contributed by atoms with Gasteiger partial charge < -0.3 is 9.52 Å². The van der Waals surface area contributed by atoms with Crippen LogP contribution in [0.2, 0.25) is 0 Å². The van der Waals surface area contributed by atoms with E-state index in [1.165, 1.54) is 0 Å². The molecule has 16 heavy (non-hydrogen) atoms. The van der Waals surface area contributed by atoms with E-state index in [9.17, 15) is 19.2 Å². The highest BCUT2D eigenvalue weighted by atomic mass is 16.4. The zero-order valence-corrected chi connectivity index (χ0v) is 7.57. The Bertz CT molecular complexity index is 749. The highest BCUT2D eigenvalue weighted by molar-refractivity contribution is 5.90. The van der Waals surface area contributed by atoms with Crippen LogP contribution in [-0.4, -0.2) is 21.0 Å². The summed E-state index contributed by atoms with van der Waals surface area (Å²) in [7, 11) is 0. The molecule has 0 amide bonds. The molecule has 8 heteroatoms. The van der Waals surface area contributed by atoms with Crippen LogP contribution < -0.4 is 16.9 Å². The average molecular weight is 224 g/mol. The molecule has 0 bridgehead atoms. The van der Waals surface area contributed by atoms with Crippen molar-refractivity contribution in [3.05, 3.63) is 42.9 Å². The maximum atomic E-state index is 11.3. The van der Waals surface area contributed by atoms with Crippen LogP contribution in [0.5, 0.6) is 0 Å². The van der Waals surface area contributed by atoms with Gasteiger partial charge in [-0.1, -0.05) is 0 Å². The number of carboxylic acid groups (broad SMARTS) is 1. The third kappa shape index (κ3) is 1.41. The van der Waals surface area contributed by atoms with Crippen LogP contribution in [0, 0.1) is 0 Å². The second kappa shape index (κ2) is 3.19. The van der Waals surface area contributed by atoms with Crippen LogP contribution in [0.4, 0.5) is 0 Å².